The number of hydrogen-bond acceptors (Lipinski definition) is 3. The molecule has 2 heterocycles. The van der Waals surface area contributed by atoms with Gasteiger partial charge < -0.3 is 4.90 Å². The molecule has 4 nitrogen and oxygen atoms in total. The Hall–Kier alpha value is -2.93. The summed E-state index contributed by atoms with van der Waals surface area (Å²) in [6.07, 6.45) is 5.69. The van der Waals surface area contributed by atoms with Crippen LogP contribution in [0.2, 0.25) is 0 Å². The second kappa shape index (κ2) is 5.59. The van der Waals surface area contributed by atoms with Crippen molar-refractivity contribution >= 4 is 17.7 Å². The molecule has 3 rings (SSSR count). The molecule has 0 N–H and O–H groups in total. The van der Waals surface area contributed by atoms with E-state index in [0.29, 0.717) is 6.54 Å². The molecule has 1 amide bonds. The molecule has 0 aliphatic carbocycles. The molecule has 21 heavy (non-hydrogen) atoms. The topological polar surface area (TPSA) is 57.0 Å². The SMILES string of the molecule is N#C/C(=C\c1cccnc1)C(=O)N1CCc2ccccc21. The zero-order chi connectivity index (χ0) is 14.7. The first kappa shape index (κ1) is 13.1. The minimum atomic E-state index is -0.258. The third-order valence-corrected chi connectivity index (χ3v) is 3.48. The Morgan fingerprint density at radius 1 is 1.29 bits per heavy atom. The number of hydrogen-bond donors (Lipinski definition) is 0. The second-order valence-electron chi connectivity index (χ2n) is 4.79. The van der Waals surface area contributed by atoms with Crippen LogP contribution in [0.1, 0.15) is 11.1 Å². The van der Waals surface area contributed by atoms with Gasteiger partial charge in [-0.15, -0.1) is 0 Å². The first-order valence-electron chi connectivity index (χ1n) is 6.71. The average molecular weight is 275 g/mol. The fourth-order valence-corrected chi connectivity index (χ4v) is 2.46. The van der Waals surface area contributed by atoms with Crippen molar-refractivity contribution in [1.82, 2.24) is 4.98 Å². The summed E-state index contributed by atoms with van der Waals surface area (Å²) >= 11 is 0. The Balaban J connectivity index is 1.92. The van der Waals surface area contributed by atoms with Crippen LogP contribution in [0.4, 0.5) is 5.69 Å². The number of rotatable bonds is 2. The number of carbonyl (C=O) groups excluding carboxylic acids is 1. The molecule has 1 aromatic heterocycles. The summed E-state index contributed by atoms with van der Waals surface area (Å²) in [5.74, 6) is -0.258. The summed E-state index contributed by atoms with van der Waals surface area (Å²) in [7, 11) is 0. The Kier molecular flexibility index (Phi) is 3.48. The lowest BCUT2D eigenvalue weighted by Gasteiger charge is -2.16. The van der Waals surface area contributed by atoms with Gasteiger partial charge in [-0.05, 0) is 35.8 Å². The number of aromatic nitrogens is 1. The van der Waals surface area contributed by atoms with Crippen LogP contribution in [-0.2, 0) is 11.2 Å². The van der Waals surface area contributed by atoms with E-state index in [1.807, 2.05) is 36.4 Å². The molecule has 0 saturated carbocycles. The number of para-hydroxylation sites is 1. The summed E-state index contributed by atoms with van der Waals surface area (Å²) in [6.45, 7) is 0.615. The highest BCUT2D eigenvalue weighted by atomic mass is 16.2. The van der Waals surface area contributed by atoms with Gasteiger partial charge in [-0.3, -0.25) is 9.78 Å². The van der Waals surface area contributed by atoms with E-state index in [0.717, 1.165) is 23.2 Å². The van der Waals surface area contributed by atoms with Gasteiger partial charge in [-0.1, -0.05) is 24.3 Å². The van der Waals surface area contributed by atoms with Crippen LogP contribution >= 0.6 is 0 Å². The molecule has 102 valence electrons. The highest BCUT2D eigenvalue weighted by molar-refractivity contribution is 6.12. The molecule has 0 saturated heterocycles. The molecular formula is C17H13N3O. The van der Waals surface area contributed by atoms with Crippen LogP contribution in [0.25, 0.3) is 6.08 Å². The lowest BCUT2D eigenvalue weighted by atomic mass is 10.1. The van der Waals surface area contributed by atoms with Crippen molar-refractivity contribution in [3.63, 3.8) is 0 Å². The zero-order valence-corrected chi connectivity index (χ0v) is 11.4. The predicted octanol–water partition coefficient (Wildman–Crippen LogP) is 2.58. The van der Waals surface area contributed by atoms with E-state index in [1.54, 1.807) is 29.4 Å². The summed E-state index contributed by atoms with van der Waals surface area (Å²) < 4.78 is 0. The lowest BCUT2D eigenvalue weighted by Crippen LogP contribution is -2.29. The van der Waals surface area contributed by atoms with Gasteiger partial charge in [0.1, 0.15) is 11.6 Å². The second-order valence-corrected chi connectivity index (χ2v) is 4.79. The molecule has 1 aliphatic heterocycles. The predicted molar refractivity (Wildman–Crippen MR) is 80.3 cm³/mol. The van der Waals surface area contributed by atoms with Crippen LogP contribution in [0.5, 0.6) is 0 Å². The largest absolute Gasteiger partial charge is 0.307 e. The highest BCUT2D eigenvalue weighted by Crippen LogP contribution is 2.28. The maximum atomic E-state index is 12.6. The summed E-state index contributed by atoms with van der Waals surface area (Å²) in [4.78, 5) is 18.2. The monoisotopic (exact) mass is 275 g/mol. The van der Waals surface area contributed by atoms with Crippen molar-refractivity contribution in [1.29, 1.82) is 5.26 Å². The van der Waals surface area contributed by atoms with Gasteiger partial charge >= 0.3 is 0 Å². The van der Waals surface area contributed by atoms with Crippen LogP contribution in [0.15, 0.2) is 54.4 Å². The lowest BCUT2D eigenvalue weighted by molar-refractivity contribution is -0.114. The van der Waals surface area contributed by atoms with Crippen LogP contribution in [0, 0.1) is 11.3 Å². The van der Waals surface area contributed by atoms with Gasteiger partial charge in [0.15, 0.2) is 0 Å². The molecule has 0 atom stereocenters. The number of nitriles is 1. The summed E-state index contributed by atoms with van der Waals surface area (Å²) in [5.41, 5.74) is 2.91. The molecule has 1 aliphatic rings. The van der Waals surface area contributed by atoms with Gasteiger partial charge in [-0.25, -0.2) is 0 Å². The van der Waals surface area contributed by atoms with E-state index in [2.05, 4.69) is 4.98 Å². The maximum absolute atomic E-state index is 12.6. The number of benzene rings is 1. The van der Waals surface area contributed by atoms with Gasteiger partial charge in [-0.2, -0.15) is 5.26 Å². The summed E-state index contributed by atoms with van der Waals surface area (Å²) in [5, 5.41) is 9.28. The smallest absolute Gasteiger partial charge is 0.268 e. The van der Waals surface area contributed by atoms with Crippen molar-refractivity contribution in [2.45, 2.75) is 6.42 Å². The fourth-order valence-electron chi connectivity index (χ4n) is 2.46. The first-order valence-corrected chi connectivity index (χ1v) is 6.71. The van der Waals surface area contributed by atoms with Crippen molar-refractivity contribution in [3.05, 3.63) is 65.5 Å². The van der Waals surface area contributed by atoms with Crippen molar-refractivity contribution < 1.29 is 4.79 Å². The van der Waals surface area contributed by atoms with Crippen LogP contribution in [0.3, 0.4) is 0 Å². The Morgan fingerprint density at radius 2 is 2.14 bits per heavy atom. The maximum Gasteiger partial charge on any atom is 0.268 e. The van der Waals surface area contributed by atoms with E-state index in [-0.39, 0.29) is 11.5 Å². The number of nitrogens with zero attached hydrogens (tertiary/aromatic N) is 3. The van der Waals surface area contributed by atoms with E-state index < -0.39 is 0 Å². The third kappa shape index (κ3) is 2.54. The number of fused-ring (bicyclic) bond motifs is 1. The molecule has 2 aromatic rings. The molecule has 1 aromatic carbocycles. The number of carbonyl (C=O) groups is 1. The van der Waals surface area contributed by atoms with Crippen molar-refractivity contribution in [2.24, 2.45) is 0 Å². The van der Waals surface area contributed by atoms with E-state index in [9.17, 15) is 10.1 Å². The average Bonchev–Trinajstić information content (AvgIpc) is 2.97. The van der Waals surface area contributed by atoms with E-state index >= 15 is 0 Å². The highest BCUT2D eigenvalue weighted by Gasteiger charge is 2.26. The van der Waals surface area contributed by atoms with Gasteiger partial charge in [0.2, 0.25) is 0 Å². The fraction of sp³-hybridized carbons (Fsp3) is 0.118. The Labute approximate surface area is 123 Å². The molecule has 0 fully saturated rings. The van der Waals surface area contributed by atoms with E-state index in [1.165, 1.54) is 0 Å². The Morgan fingerprint density at radius 3 is 2.90 bits per heavy atom. The number of anilines is 1. The minimum Gasteiger partial charge on any atom is -0.307 e. The third-order valence-electron chi connectivity index (χ3n) is 3.48. The first-order chi connectivity index (χ1) is 10.3. The minimum absolute atomic E-state index is 0.125. The molecule has 0 unspecified atom stereocenters. The van der Waals surface area contributed by atoms with Crippen molar-refractivity contribution in [2.75, 3.05) is 11.4 Å². The molecule has 4 heteroatoms. The normalized spacial score (nSPS) is 13.7. The zero-order valence-electron chi connectivity index (χ0n) is 11.4. The van der Waals surface area contributed by atoms with E-state index in [4.69, 9.17) is 0 Å². The van der Waals surface area contributed by atoms with Gasteiger partial charge in [0, 0.05) is 24.6 Å². The standard InChI is InChI=1S/C17H13N3O/c18-11-15(10-13-4-3-8-19-12-13)17(21)20-9-7-14-5-1-2-6-16(14)20/h1-6,8,10,12H,7,9H2/b15-10+. The quantitative estimate of drug-likeness (QED) is 0.625. The molecule has 0 radical (unpaired) electrons. The Bertz CT molecular complexity index is 744. The van der Waals surface area contributed by atoms with Gasteiger partial charge in [0.05, 0.1) is 0 Å². The van der Waals surface area contributed by atoms with Crippen molar-refractivity contribution in [3.8, 4) is 6.07 Å². The van der Waals surface area contributed by atoms with Crippen LogP contribution in [-0.4, -0.2) is 17.4 Å². The molecule has 0 bridgehead atoms. The molecular weight excluding hydrogens is 262 g/mol. The number of pyridine rings is 1. The molecule has 0 spiro atoms. The van der Waals surface area contributed by atoms with Crippen LogP contribution < -0.4 is 4.90 Å². The number of amides is 1. The summed E-state index contributed by atoms with van der Waals surface area (Å²) in [6, 6.07) is 13.4. The van der Waals surface area contributed by atoms with Gasteiger partial charge in [0.25, 0.3) is 5.91 Å².